The summed E-state index contributed by atoms with van der Waals surface area (Å²) in [4.78, 5) is 12.2. The average Bonchev–Trinajstić information content (AvgIpc) is 3.41. The van der Waals surface area contributed by atoms with Gasteiger partial charge < -0.3 is 14.2 Å². The van der Waals surface area contributed by atoms with E-state index in [2.05, 4.69) is 12.1 Å². The molecule has 0 bridgehead atoms. The van der Waals surface area contributed by atoms with Crippen LogP contribution in [0.2, 0.25) is 0 Å². The van der Waals surface area contributed by atoms with Gasteiger partial charge in [-0.05, 0) is 37.3 Å². The lowest BCUT2D eigenvalue weighted by Crippen LogP contribution is -2.24. The minimum atomic E-state index is -0.501. The number of benzene rings is 1. The Morgan fingerprint density at radius 2 is 1.86 bits per heavy atom. The molecule has 2 aliphatic rings. The number of methoxy groups -OCH3 is 3. The van der Waals surface area contributed by atoms with Crippen molar-refractivity contribution in [2.45, 2.75) is 36.5 Å². The minimum absolute atomic E-state index is 0.127. The smallest absolute Gasteiger partial charge is 0.316 e. The highest BCUT2D eigenvalue weighted by molar-refractivity contribution is 5.87. The molecule has 0 atom stereocenters. The molecule has 0 radical (unpaired) electrons. The third kappa shape index (κ3) is 2.22. The zero-order chi connectivity index (χ0) is 15.1. The molecular weight excluding hydrogens is 268 g/mol. The Labute approximate surface area is 125 Å². The van der Waals surface area contributed by atoms with E-state index in [-0.39, 0.29) is 11.4 Å². The lowest BCUT2D eigenvalue weighted by Gasteiger charge is -2.21. The SMILES string of the molecule is COCC1(c2ccc(OC)c(C3(C(=O)OC)CC3)c2)CC1. The van der Waals surface area contributed by atoms with Gasteiger partial charge in [0.05, 0.1) is 26.2 Å². The lowest BCUT2D eigenvalue weighted by atomic mass is 9.88. The Bertz CT molecular complexity index is 556. The summed E-state index contributed by atoms with van der Waals surface area (Å²) in [5, 5.41) is 0. The van der Waals surface area contributed by atoms with Crippen molar-refractivity contribution in [3.05, 3.63) is 29.3 Å². The van der Waals surface area contributed by atoms with Gasteiger partial charge in [0.1, 0.15) is 5.75 Å². The fraction of sp³-hybridized carbons (Fsp3) is 0.588. The Hall–Kier alpha value is -1.55. The zero-order valence-electron chi connectivity index (χ0n) is 12.9. The van der Waals surface area contributed by atoms with E-state index in [1.54, 1.807) is 14.2 Å². The van der Waals surface area contributed by atoms with Crippen LogP contribution in [-0.4, -0.2) is 33.9 Å². The number of carbonyl (C=O) groups is 1. The molecule has 0 unspecified atom stereocenters. The summed E-state index contributed by atoms with van der Waals surface area (Å²) >= 11 is 0. The van der Waals surface area contributed by atoms with Crippen LogP contribution >= 0.6 is 0 Å². The van der Waals surface area contributed by atoms with Crippen LogP contribution in [-0.2, 0) is 25.1 Å². The number of hydrogen-bond acceptors (Lipinski definition) is 4. The van der Waals surface area contributed by atoms with E-state index >= 15 is 0 Å². The number of ether oxygens (including phenoxy) is 3. The Kier molecular flexibility index (Phi) is 3.44. The first-order chi connectivity index (χ1) is 10.1. The highest BCUT2D eigenvalue weighted by Gasteiger charge is 2.55. The Morgan fingerprint density at radius 1 is 1.14 bits per heavy atom. The zero-order valence-corrected chi connectivity index (χ0v) is 12.9. The monoisotopic (exact) mass is 290 g/mol. The van der Waals surface area contributed by atoms with Gasteiger partial charge in [-0.25, -0.2) is 0 Å². The van der Waals surface area contributed by atoms with Crippen LogP contribution < -0.4 is 4.74 Å². The quantitative estimate of drug-likeness (QED) is 0.755. The third-order valence-electron chi connectivity index (χ3n) is 4.93. The first kappa shape index (κ1) is 14.4. The summed E-state index contributed by atoms with van der Waals surface area (Å²) in [6.45, 7) is 0.726. The van der Waals surface area contributed by atoms with E-state index < -0.39 is 5.41 Å². The van der Waals surface area contributed by atoms with Crippen molar-refractivity contribution in [1.29, 1.82) is 0 Å². The van der Waals surface area contributed by atoms with Crippen molar-refractivity contribution in [2.24, 2.45) is 0 Å². The van der Waals surface area contributed by atoms with Gasteiger partial charge in [0.2, 0.25) is 0 Å². The summed E-state index contributed by atoms with van der Waals surface area (Å²) in [7, 11) is 4.83. The molecule has 0 heterocycles. The summed E-state index contributed by atoms with van der Waals surface area (Å²) in [6.07, 6.45) is 3.93. The van der Waals surface area contributed by atoms with Crippen LogP contribution in [0, 0.1) is 0 Å². The molecule has 21 heavy (non-hydrogen) atoms. The molecule has 4 heteroatoms. The highest BCUT2D eigenvalue weighted by Crippen LogP contribution is 2.55. The molecule has 0 amide bonds. The van der Waals surface area contributed by atoms with E-state index in [4.69, 9.17) is 14.2 Å². The van der Waals surface area contributed by atoms with E-state index in [0.29, 0.717) is 0 Å². The van der Waals surface area contributed by atoms with E-state index in [0.717, 1.165) is 43.6 Å². The number of hydrogen-bond donors (Lipinski definition) is 0. The molecule has 0 spiro atoms. The molecule has 1 aromatic rings. The molecule has 0 N–H and O–H groups in total. The number of carbonyl (C=O) groups excluding carboxylic acids is 1. The van der Waals surface area contributed by atoms with Crippen LogP contribution in [0.1, 0.15) is 36.8 Å². The van der Waals surface area contributed by atoms with Gasteiger partial charge in [0, 0.05) is 18.1 Å². The maximum atomic E-state index is 12.2. The molecule has 0 aromatic heterocycles. The average molecular weight is 290 g/mol. The van der Waals surface area contributed by atoms with Crippen molar-refractivity contribution in [1.82, 2.24) is 0 Å². The number of esters is 1. The second kappa shape index (κ2) is 5.02. The minimum Gasteiger partial charge on any atom is -0.496 e. The molecule has 2 fully saturated rings. The first-order valence-corrected chi connectivity index (χ1v) is 7.38. The molecule has 3 rings (SSSR count). The van der Waals surface area contributed by atoms with Crippen molar-refractivity contribution in [3.63, 3.8) is 0 Å². The van der Waals surface area contributed by atoms with Crippen LogP contribution in [0.5, 0.6) is 5.75 Å². The van der Waals surface area contributed by atoms with Crippen molar-refractivity contribution in [3.8, 4) is 5.75 Å². The fourth-order valence-corrected chi connectivity index (χ4v) is 3.26. The molecule has 114 valence electrons. The predicted octanol–water partition coefficient (Wildman–Crippen LogP) is 2.58. The Balaban J connectivity index is 2.01. The molecule has 2 saturated carbocycles. The normalized spacial score (nSPS) is 20.7. The molecule has 2 aliphatic carbocycles. The van der Waals surface area contributed by atoms with Gasteiger partial charge in [-0.3, -0.25) is 4.79 Å². The largest absolute Gasteiger partial charge is 0.496 e. The maximum Gasteiger partial charge on any atom is 0.316 e. The summed E-state index contributed by atoms with van der Waals surface area (Å²) < 4.78 is 15.8. The van der Waals surface area contributed by atoms with E-state index in [1.165, 1.54) is 12.7 Å². The van der Waals surface area contributed by atoms with Gasteiger partial charge in [-0.15, -0.1) is 0 Å². The van der Waals surface area contributed by atoms with Crippen LogP contribution in [0.4, 0.5) is 0 Å². The molecule has 4 nitrogen and oxygen atoms in total. The van der Waals surface area contributed by atoms with Crippen molar-refractivity contribution >= 4 is 5.97 Å². The predicted molar refractivity (Wildman–Crippen MR) is 78.7 cm³/mol. The topological polar surface area (TPSA) is 44.8 Å². The van der Waals surface area contributed by atoms with E-state index in [1.807, 2.05) is 6.07 Å². The second-order valence-corrected chi connectivity index (χ2v) is 6.20. The van der Waals surface area contributed by atoms with Gasteiger partial charge in [0.15, 0.2) is 0 Å². The highest BCUT2D eigenvalue weighted by atomic mass is 16.5. The standard InChI is InChI=1S/C17H22O4/c1-19-11-16(6-7-16)12-4-5-14(20-2)13(10-12)17(8-9-17)15(18)21-3/h4-5,10H,6-9,11H2,1-3H3. The third-order valence-corrected chi connectivity index (χ3v) is 4.93. The lowest BCUT2D eigenvalue weighted by molar-refractivity contribution is -0.143. The Morgan fingerprint density at radius 3 is 2.33 bits per heavy atom. The van der Waals surface area contributed by atoms with Crippen LogP contribution in [0.3, 0.4) is 0 Å². The second-order valence-electron chi connectivity index (χ2n) is 6.20. The maximum absolute atomic E-state index is 12.2. The van der Waals surface area contributed by atoms with Gasteiger partial charge in [-0.2, -0.15) is 0 Å². The summed E-state index contributed by atoms with van der Waals surface area (Å²) in [6, 6.07) is 6.21. The van der Waals surface area contributed by atoms with Gasteiger partial charge in [-0.1, -0.05) is 12.1 Å². The van der Waals surface area contributed by atoms with Crippen LogP contribution in [0.15, 0.2) is 18.2 Å². The molecule has 1 aromatic carbocycles. The first-order valence-electron chi connectivity index (χ1n) is 7.38. The molecule has 0 saturated heterocycles. The summed E-state index contributed by atoms with van der Waals surface area (Å²) in [5.74, 6) is 0.615. The van der Waals surface area contributed by atoms with Crippen molar-refractivity contribution in [2.75, 3.05) is 27.9 Å². The fourth-order valence-electron chi connectivity index (χ4n) is 3.26. The summed E-state index contributed by atoms with van der Waals surface area (Å²) in [5.41, 5.74) is 1.84. The van der Waals surface area contributed by atoms with Crippen molar-refractivity contribution < 1.29 is 19.0 Å². The number of rotatable bonds is 6. The van der Waals surface area contributed by atoms with Gasteiger partial charge >= 0.3 is 5.97 Å². The van der Waals surface area contributed by atoms with E-state index in [9.17, 15) is 4.79 Å². The van der Waals surface area contributed by atoms with Gasteiger partial charge in [0.25, 0.3) is 0 Å². The molecule has 0 aliphatic heterocycles. The van der Waals surface area contributed by atoms with Crippen LogP contribution in [0.25, 0.3) is 0 Å². The molecular formula is C17H22O4.